The van der Waals surface area contributed by atoms with E-state index in [4.69, 9.17) is 4.74 Å². The predicted molar refractivity (Wildman–Crippen MR) is 126 cm³/mol. The van der Waals surface area contributed by atoms with Crippen molar-refractivity contribution in [3.8, 4) is 5.75 Å². The van der Waals surface area contributed by atoms with Crippen LogP contribution in [0.5, 0.6) is 5.75 Å². The van der Waals surface area contributed by atoms with Crippen LogP contribution >= 0.6 is 12.8 Å². The topological polar surface area (TPSA) is 93.5 Å². The van der Waals surface area contributed by atoms with Crippen LogP contribution in [-0.2, 0) is 16.4 Å². The van der Waals surface area contributed by atoms with Gasteiger partial charge in [-0.3, -0.25) is 0 Å². The molecular formula is C21H26N4O4S2. The second kappa shape index (κ2) is 8.80. The first-order chi connectivity index (χ1) is 14.5. The maximum absolute atomic E-state index is 13.1. The van der Waals surface area contributed by atoms with E-state index in [1.54, 1.807) is 12.1 Å². The summed E-state index contributed by atoms with van der Waals surface area (Å²) >= 11 is 4.42. The van der Waals surface area contributed by atoms with Crippen molar-refractivity contribution in [1.29, 1.82) is 0 Å². The number of urea groups is 1. The first-order valence-corrected chi connectivity index (χ1v) is 12.1. The minimum absolute atomic E-state index is 0.0754. The number of carbonyl (C=O) groups excluding carboxylic acids is 1. The van der Waals surface area contributed by atoms with Gasteiger partial charge < -0.3 is 14.6 Å². The number of anilines is 2. The van der Waals surface area contributed by atoms with Crippen molar-refractivity contribution in [2.75, 3.05) is 15.9 Å². The molecule has 0 aliphatic carbocycles. The zero-order chi connectivity index (χ0) is 22.9. The van der Waals surface area contributed by atoms with Gasteiger partial charge in [-0.15, -0.1) is 0 Å². The highest BCUT2D eigenvalue weighted by molar-refractivity contribution is 7.90. The highest BCUT2D eigenvalue weighted by Crippen LogP contribution is 2.32. The quantitative estimate of drug-likeness (QED) is 0.528. The lowest BCUT2D eigenvalue weighted by Gasteiger charge is -2.21. The maximum atomic E-state index is 13.1. The van der Waals surface area contributed by atoms with Crippen molar-refractivity contribution in [1.82, 2.24) is 9.55 Å². The zero-order valence-electron chi connectivity index (χ0n) is 18.1. The number of carbonyl (C=O) groups is 1. The summed E-state index contributed by atoms with van der Waals surface area (Å²) in [5.74, 6) is 1.20. The fourth-order valence-corrected chi connectivity index (χ4v) is 4.17. The fraction of sp³-hybridized carbons (Fsp3) is 0.333. The van der Waals surface area contributed by atoms with Gasteiger partial charge >= 0.3 is 6.03 Å². The summed E-state index contributed by atoms with van der Waals surface area (Å²) in [6, 6.07) is 9.26. The number of thiol groups is 1. The summed E-state index contributed by atoms with van der Waals surface area (Å²) in [5, 5.41) is 2.73. The molecular weight excluding hydrogens is 436 g/mol. The molecule has 10 heteroatoms. The molecule has 166 valence electrons. The first-order valence-electron chi connectivity index (χ1n) is 9.79. The van der Waals surface area contributed by atoms with E-state index in [0.717, 1.165) is 23.1 Å². The number of rotatable bonds is 6. The summed E-state index contributed by atoms with van der Waals surface area (Å²) < 4.78 is 32.9. The van der Waals surface area contributed by atoms with Crippen molar-refractivity contribution < 1.29 is 17.9 Å². The van der Waals surface area contributed by atoms with E-state index in [-0.39, 0.29) is 16.7 Å². The molecule has 31 heavy (non-hydrogen) atoms. The van der Waals surface area contributed by atoms with Crippen LogP contribution in [-0.4, -0.2) is 36.4 Å². The highest BCUT2D eigenvalue weighted by Gasteiger charge is 2.21. The second-order valence-electron chi connectivity index (χ2n) is 7.39. The molecule has 0 aliphatic heterocycles. The number of aromatic nitrogens is 2. The summed E-state index contributed by atoms with van der Waals surface area (Å²) in [7, 11) is -3.46. The lowest BCUT2D eigenvalue weighted by atomic mass is 10.2. The molecule has 1 heterocycles. The van der Waals surface area contributed by atoms with Gasteiger partial charge in [-0.05, 0) is 58.0 Å². The Bertz CT molecular complexity index is 1240. The molecule has 8 nitrogen and oxygen atoms in total. The van der Waals surface area contributed by atoms with Crippen LogP contribution in [0.1, 0.15) is 26.6 Å². The molecule has 3 aromatic rings. The molecule has 3 rings (SSSR count). The van der Waals surface area contributed by atoms with Crippen LogP contribution in [0.2, 0.25) is 0 Å². The summed E-state index contributed by atoms with van der Waals surface area (Å²) in [6.07, 6.45) is 0.944. The molecule has 0 saturated heterocycles. The molecule has 0 unspecified atom stereocenters. The number of para-hydroxylation sites is 1. The van der Waals surface area contributed by atoms with E-state index in [1.807, 2.05) is 38.3 Å². The number of benzene rings is 2. The monoisotopic (exact) mass is 462 g/mol. The van der Waals surface area contributed by atoms with Gasteiger partial charge in [-0.1, -0.05) is 18.9 Å². The SMILES string of the molecule is CCn1c(C)nc2cccc(N(S)C(=O)Nc3cc(S(C)(=O)=O)ccc3OC(C)C)c21. The number of imidazole rings is 1. The molecule has 0 bridgehead atoms. The minimum atomic E-state index is -3.46. The number of aryl methyl sites for hydroxylation is 2. The number of amides is 2. The number of fused-ring (bicyclic) bond motifs is 1. The average molecular weight is 463 g/mol. The number of nitrogens with zero attached hydrogens (tertiary/aromatic N) is 3. The van der Waals surface area contributed by atoms with Crippen molar-refractivity contribution in [3.63, 3.8) is 0 Å². The van der Waals surface area contributed by atoms with E-state index in [0.29, 0.717) is 18.0 Å². The van der Waals surface area contributed by atoms with Crippen LogP contribution in [0.4, 0.5) is 16.2 Å². The molecule has 0 saturated carbocycles. The number of sulfone groups is 1. The Labute approximate surface area is 187 Å². The normalized spacial score (nSPS) is 11.7. The lowest BCUT2D eigenvalue weighted by Crippen LogP contribution is -2.27. The van der Waals surface area contributed by atoms with Crippen molar-refractivity contribution in [2.24, 2.45) is 0 Å². The first kappa shape index (κ1) is 23.0. The van der Waals surface area contributed by atoms with Gasteiger partial charge in [-0.25, -0.2) is 22.5 Å². The average Bonchev–Trinajstić information content (AvgIpc) is 3.02. The summed E-state index contributed by atoms with van der Waals surface area (Å²) in [4.78, 5) is 17.7. The molecule has 1 aromatic heterocycles. The number of nitrogens with one attached hydrogen (secondary N) is 1. The second-order valence-corrected chi connectivity index (χ2v) is 9.80. The third-order valence-electron chi connectivity index (χ3n) is 4.66. The fourth-order valence-electron chi connectivity index (χ4n) is 3.31. The molecule has 2 amide bonds. The molecule has 1 N–H and O–H groups in total. The molecule has 0 aliphatic rings. The van der Waals surface area contributed by atoms with Gasteiger partial charge in [0.25, 0.3) is 0 Å². The van der Waals surface area contributed by atoms with Crippen molar-refractivity contribution in [3.05, 3.63) is 42.2 Å². The van der Waals surface area contributed by atoms with Crippen LogP contribution in [0.3, 0.4) is 0 Å². The Morgan fingerprint density at radius 2 is 2.00 bits per heavy atom. The van der Waals surface area contributed by atoms with Gasteiger partial charge in [0, 0.05) is 12.8 Å². The smallest absolute Gasteiger partial charge is 0.336 e. The largest absolute Gasteiger partial charge is 0.489 e. The number of hydrogen-bond acceptors (Lipinski definition) is 6. The summed E-state index contributed by atoms with van der Waals surface area (Å²) in [6.45, 7) is 8.28. The van der Waals surface area contributed by atoms with Gasteiger partial charge in [0.15, 0.2) is 9.84 Å². The molecule has 2 aromatic carbocycles. The van der Waals surface area contributed by atoms with E-state index in [1.165, 1.54) is 22.5 Å². The van der Waals surface area contributed by atoms with Crippen LogP contribution in [0.25, 0.3) is 11.0 Å². The third kappa shape index (κ3) is 4.80. The van der Waals surface area contributed by atoms with Gasteiger partial charge in [0.1, 0.15) is 11.6 Å². The molecule has 0 spiro atoms. The number of ether oxygens (including phenoxy) is 1. The van der Waals surface area contributed by atoms with Crippen LogP contribution in [0.15, 0.2) is 41.3 Å². The van der Waals surface area contributed by atoms with Crippen LogP contribution < -0.4 is 14.4 Å². The van der Waals surface area contributed by atoms with E-state index < -0.39 is 15.9 Å². The number of hydrogen-bond donors (Lipinski definition) is 2. The third-order valence-corrected chi connectivity index (χ3v) is 6.16. The van der Waals surface area contributed by atoms with Crippen molar-refractivity contribution >= 4 is 51.1 Å². The lowest BCUT2D eigenvalue weighted by molar-refractivity contribution is 0.242. The minimum Gasteiger partial charge on any atom is -0.489 e. The Morgan fingerprint density at radius 1 is 1.29 bits per heavy atom. The molecule has 0 fully saturated rings. The summed E-state index contributed by atoms with van der Waals surface area (Å²) in [5.41, 5.74) is 2.35. The van der Waals surface area contributed by atoms with E-state index >= 15 is 0 Å². The predicted octanol–water partition coefficient (Wildman–Crippen LogP) is 4.44. The van der Waals surface area contributed by atoms with Gasteiger partial charge in [-0.2, -0.15) is 0 Å². The maximum Gasteiger partial charge on any atom is 0.336 e. The molecule has 0 atom stereocenters. The van der Waals surface area contributed by atoms with E-state index in [2.05, 4.69) is 23.1 Å². The Balaban J connectivity index is 2.00. The highest BCUT2D eigenvalue weighted by atomic mass is 32.2. The van der Waals surface area contributed by atoms with E-state index in [9.17, 15) is 13.2 Å². The van der Waals surface area contributed by atoms with Gasteiger partial charge in [0.2, 0.25) is 0 Å². The molecule has 0 radical (unpaired) electrons. The van der Waals surface area contributed by atoms with Crippen molar-refractivity contribution in [2.45, 2.75) is 45.2 Å². The Morgan fingerprint density at radius 3 is 2.61 bits per heavy atom. The Hall–Kier alpha value is -2.72. The zero-order valence-corrected chi connectivity index (χ0v) is 19.8. The van der Waals surface area contributed by atoms with Crippen LogP contribution in [0, 0.1) is 6.92 Å². The Kier molecular flexibility index (Phi) is 6.51. The van der Waals surface area contributed by atoms with Gasteiger partial charge in [0.05, 0.1) is 33.4 Å². The standard InChI is InChI=1S/C21H26N4O4S2/c1-6-24-14(4)22-16-8-7-9-18(20(16)24)25(30)21(26)23-17-12-15(31(5,27)28)10-11-19(17)29-13(2)3/h7-13,30H,6H2,1-5H3,(H,23,26).